The summed E-state index contributed by atoms with van der Waals surface area (Å²) in [4.78, 5) is 13.1. The Bertz CT molecular complexity index is 1190. The van der Waals surface area contributed by atoms with Gasteiger partial charge in [-0.3, -0.25) is 4.79 Å². The molecule has 9 heteroatoms. The molecule has 0 heterocycles. The minimum Gasteiger partial charge on any atom is -0.493 e. The Labute approximate surface area is 198 Å². The first-order valence-electron chi connectivity index (χ1n) is 10.1. The van der Waals surface area contributed by atoms with Crippen molar-refractivity contribution in [2.24, 2.45) is 0 Å². The van der Waals surface area contributed by atoms with Gasteiger partial charge in [-0.2, -0.15) is 4.72 Å². The maximum Gasteiger partial charge on any atom is 0.241 e. The number of sulfonamides is 1. The van der Waals surface area contributed by atoms with Gasteiger partial charge < -0.3 is 14.8 Å². The number of hydrogen-bond acceptors (Lipinski definition) is 5. The van der Waals surface area contributed by atoms with E-state index < -0.39 is 22.0 Å². The molecule has 0 bridgehead atoms. The summed E-state index contributed by atoms with van der Waals surface area (Å²) in [5.74, 6) is 0.657. The third-order valence-corrected chi connectivity index (χ3v) is 6.67. The van der Waals surface area contributed by atoms with Crippen molar-refractivity contribution >= 4 is 27.5 Å². The van der Waals surface area contributed by atoms with Gasteiger partial charge in [0.05, 0.1) is 19.1 Å². The molecule has 7 nitrogen and oxygen atoms in total. The van der Waals surface area contributed by atoms with Gasteiger partial charge in [-0.1, -0.05) is 48.0 Å². The lowest BCUT2D eigenvalue weighted by Crippen LogP contribution is -2.47. The van der Waals surface area contributed by atoms with Crippen LogP contribution in [0.3, 0.4) is 0 Å². The maximum absolute atomic E-state index is 13.0. The standard InChI is InChI=1S/C24H25ClN2O5S/c1-31-22-13-8-18(15-23(22)32-2)16-26-24(28)21(14-17-6-4-3-5-7-17)27-33(29,30)20-11-9-19(25)10-12-20/h3-13,15,21,27H,14,16H2,1-2H3,(H,26,28)/t21-/m0/s1. The van der Waals surface area contributed by atoms with E-state index >= 15 is 0 Å². The fraction of sp³-hybridized carbons (Fsp3) is 0.208. The van der Waals surface area contributed by atoms with Crippen LogP contribution in [0.2, 0.25) is 5.02 Å². The highest BCUT2D eigenvalue weighted by molar-refractivity contribution is 7.89. The van der Waals surface area contributed by atoms with Crippen LogP contribution in [0.4, 0.5) is 0 Å². The van der Waals surface area contributed by atoms with Crippen LogP contribution >= 0.6 is 11.6 Å². The zero-order valence-corrected chi connectivity index (χ0v) is 19.8. The van der Waals surface area contributed by atoms with E-state index in [4.69, 9.17) is 21.1 Å². The van der Waals surface area contributed by atoms with Crippen molar-refractivity contribution in [3.05, 3.63) is 88.9 Å². The predicted octanol–water partition coefficient (Wildman–Crippen LogP) is 3.56. The van der Waals surface area contributed by atoms with Gasteiger partial charge in [0.2, 0.25) is 15.9 Å². The van der Waals surface area contributed by atoms with Gasteiger partial charge >= 0.3 is 0 Å². The van der Waals surface area contributed by atoms with Crippen molar-refractivity contribution in [3.63, 3.8) is 0 Å². The highest BCUT2D eigenvalue weighted by atomic mass is 35.5. The van der Waals surface area contributed by atoms with Crippen molar-refractivity contribution < 1.29 is 22.7 Å². The first kappa shape index (κ1) is 24.6. The molecule has 0 aliphatic carbocycles. The average molecular weight is 489 g/mol. The van der Waals surface area contributed by atoms with Crippen molar-refractivity contribution in [2.45, 2.75) is 23.9 Å². The normalized spacial score (nSPS) is 12.1. The Balaban J connectivity index is 1.78. The van der Waals surface area contributed by atoms with E-state index in [0.717, 1.165) is 11.1 Å². The summed E-state index contributed by atoms with van der Waals surface area (Å²) in [6.45, 7) is 0.188. The molecule has 3 aromatic carbocycles. The van der Waals surface area contributed by atoms with Crippen LogP contribution in [0.1, 0.15) is 11.1 Å². The molecule has 3 rings (SSSR count). The fourth-order valence-electron chi connectivity index (χ4n) is 3.21. The monoisotopic (exact) mass is 488 g/mol. The van der Waals surface area contributed by atoms with E-state index in [1.165, 1.54) is 31.4 Å². The van der Waals surface area contributed by atoms with Crippen LogP contribution in [0.5, 0.6) is 11.5 Å². The van der Waals surface area contributed by atoms with E-state index in [2.05, 4.69) is 10.0 Å². The van der Waals surface area contributed by atoms with Crippen LogP contribution in [0.15, 0.2) is 77.7 Å². The molecule has 1 amide bonds. The molecule has 0 aliphatic heterocycles. The smallest absolute Gasteiger partial charge is 0.241 e. The number of ether oxygens (including phenoxy) is 2. The van der Waals surface area contributed by atoms with Gasteiger partial charge in [-0.05, 0) is 53.9 Å². The highest BCUT2D eigenvalue weighted by Crippen LogP contribution is 2.27. The van der Waals surface area contributed by atoms with E-state index in [9.17, 15) is 13.2 Å². The zero-order valence-electron chi connectivity index (χ0n) is 18.2. The number of amides is 1. The number of benzene rings is 3. The molecule has 0 fully saturated rings. The lowest BCUT2D eigenvalue weighted by molar-refractivity contribution is -0.122. The van der Waals surface area contributed by atoms with Crippen LogP contribution in [0.25, 0.3) is 0 Å². The predicted molar refractivity (Wildman–Crippen MR) is 127 cm³/mol. The molecular formula is C24H25ClN2O5S. The van der Waals surface area contributed by atoms with Crippen molar-refractivity contribution in [1.82, 2.24) is 10.0 Å². The molecule has 1 atom stereocenters. The number of methoxy groups -OCH3 is 2. The Kier molecular flexibility index (Phi) is 8.32. The first-order chi connectivity index (χ1) is 15.8. The second-order valence-corrected chi connectivity index (χ2v) is 9.38. The minimum atomic E-state index is -3.95. The van der Waals surface area contributed by atoms with Gasteiger partial charge in [0.1, 0.15) is 6.04 Å². The summed E-state index contributed by atoms with van der Waals surface area (Å²) in [6.07, 6.45) is 0.186. The Hall–Kier alpha value is -3.07. The lowest BCUT2D eigenvalue weighted by atomic mass is 10.1. The first-order valence-corrected chi connectivity index (χ1v) is 12.0. The molecular weight excluding hydrogens is 464 g/mol. The highest BCUT2D eigenvalue weighted by Gasteiger charge is 2.26. The summed E-state index contributed by atoms with van der Waals surface area (Å²) in [6, 6.07) is 19.2. The molecule has 0 radical (unpaired) electrons. The largest absolute Gasteiger partial charge is 0.493 e. The second kappa shape index (κ2) is 11.2. The van der Waals surface area contributed by atoms with Crippen molar-refractivity contribution in [3.8, 4) is 11.5 Å². The third kappa shape index (κ3) is 6.71. The summed E-state index contributed by atoms with van der Waals surface area (Å²) in [7, 11) is -0.879. The van der Waals surface area contributed by atoms with E-state index in [-0.39, 0.29) is 17.9 Å². The van der Waals surface area contributed by atoms with Gasteiger partial charge in [0.25, 0.3) is 0 Å². The summed E-state index contributed by atoms with van der Waals surface area (Å²) < 4.78 is 38.9. The molecule has 0 saturated carbocycles. The molecule has 0 aromatic heterocycles. The Morgan fingerprint density at radius 1 is 0.909 bits per heavy atom. The second-order valence-electron chi connectivity index (χ2n) is 7.22. The molecule has 2 N–H and O–H groups in total. The fourth-order valence-corrected chi connectivity index (χ4v) is 4.53. The molecule has 0 saturated heterocycles. The number of rotatable bonds is 10. The van der Waals surface area contributed by atoms with Crippen LogP contribution in [0, 0.1) is 0 Å². The van der Waals surface area contributed by atoms with Gasteiger partial charge in [-0.15, -0.1) is 0 Å². The third-order valence-electron chi connectivity index (χ3n) is 4.94. The van der Waals surface area contributed by atoms with Crippen molar-refractivity contribution in [1.29, 1.82) is 0 Å². The lowest BCUT2D eigenvalue weighted by Gasteiger charge is -2.19. The summed E-state index contributed by atoms with van der Waals surface area (Å²) in [5.41, 5.74) is 1.60. The SMILES string of the molecule is COc1ccc(CNC(=O)[C@H](Cc2ccccc2)NS(=O)(=O)c2ccc(Cl)cc2)cc1OC. The molecule has 174 valence electrons. The van der Waals surface area contributed by atoms with Crippen LogP contribution in [-0.4, -0.2) is 34.6 Å². The van der Waals surface area contributed by atoms with E-state index in [1.807, 2.05) is 30.3 Å². The topological polar surface area (TPSA) is 93.7 Å². The molecule has 3 aromatic rings. The van der Waals surface area contributed by atoms with Gasteiger partial charge in [0, 0.05) is 11.6 Å². The van der Waals surface area contributed by atoms with Crippen molar-refractivity contribution in [2.75, 3.05) is 14.2 Å². The van der Waals surface area contributed by atoms with Crippen LogP contribution < -0.4 is 19.5 Å². The van der Waals surface area contributed by atoms with E-state index in [0.29, 0.717) is 16.5 Å². The summed E-state index contributed by atoms with van der Waals surface area (Å²) in [5, 5.41) is 3.23. The zero-order chi connectivity index (χ0) is 23.8. The van der Waals surface area contributed by atoms with Crippen LogP contribution in [-0.2, 0) is 27.8 Å². The maximum atomic E-state index is 13.0. The molecule has 33 heavy (non-hydrogen) atoms. The Morgan fingerprint density at radius 2 is 1.58 bits per heavy atom. The number of halogens is 1. The quantitative estimate of drug-likeness (QED) is 0.455. The summed E-state index contributed by atoms with van der Waals surface area (Å²) >= 11 is 5.87. The Morgan fingerprint density at radius 3 is 2.21 bits per heavy atom. The number of carbonyl (C=O) groups is 1. The molecule has 0 spiro atoms. The number of hydrogen-bond donors (Lipinski definition) is 2. The van der Waals surface area contributed by atoms with E-state index in [1.54, 1.807) is 25.3 Å². The number of nitrogens with one attached hydrogen (secondary N) is 2. The van der Waals surface area contributed by atoms with Gasteiger partial charge in [-0.25, -0.2) is 8.42 Å². The average Bonchev–Trinajstić information content (AvgIpc) is 2.82. The number of carbonyl (C=O) groups excluding carboxylic acids is 1. The van der Waals surface area contributed by atoms with Gasteiger partial charge in [0.15, 0.2) is 11.5 Å². The molecule has 0 unspecified atom stereocenters. The molecule has 0 aliphatic rings. The minimum absolute atomic E-state index is 0.0256.